The molecule has 0 amide bonds. The van der Waals surface area contributed by atoms with E-state index in [1.807, 2.05) is 0 Å². The van der Waals surface area contributed by atoms with Gasteiger partial charge in [0.15, 0.2) is 0 Å². The number of nitrogen functional groups attached to an aromatic ring is 1. The van der Waals surface area contributed by atoms with Crippen LogP contribution in [0.4, 0.5) is 5.69 Å². The van der Waals surface area contributed by atoms with Crippen LogP contribution in [0, 0.1) is 11.8 Å². The topological polar surface area (TPSA) is 89.3 Å². The van der Waals surface area contributed by atoms with Crippen molar-refractivity contribution < 1.29 is 9.90 Å². The fourth-order valence-corrected chi connectivity index (χ4v) is 1.08. The van der Waals surface area contributed by atoms with Crippen LogP contribution in [0.2, 0.25) is 0 Å². The molecule has 0 radical (unpaired) electrons. The first-order valence-corrected chi connectivity index (χ1v) is 4.47. The highest BCUT2D eigenvalue weighted by Crippen LogP contribution is 2.12. The summed E-state index contributed by atoms with van der Waals surface area (Å²) in [6, 6.07) is 4.62. The van der Waals surface area contributed by atoms with Crippen molar-refractivity contribution in [2.24, 2.45) is 5.73 Å². The Labute approximate surface area is 87.9 Å². The molecule has 15 heavy (non-hydrogen) atoms. The number of carbonyl (C=O) groups is 1. The first kappa shape index (κ1) is 11.1. The summed E-state index contributed by atoms with van der Waals surface area (Å²) in [6.07, 6.45) is 0.545. The second-order valence-electron chi connectivity index (χ2n) is 2.95. The SMILES string of the molecule is NCCC#Cc1ccc(N)cc1C(=O)O. The molecular weight excluding hydrogens is 192 g/mol. The van der Waals surface area contributed by atoms with Gasteiger partial charge in [0.1, 0.15) is 0 Å². The average Bonchev–Trinajstić information content (AvgIpc) is 2.20. The predicted octanol–water partition coefficient (Wildman–Crippen LogP) is 0.667. The molecule has 0 aliphatic heterocycles. The van der Waals surface area contributed by atoms with Gasteiger partial charge in [-0.05, 0) is 18.2 Å². The molecule has 0 aliphatic carbocycles. The maximum Gasteiger partial charge on any atom is 0.337 e. The van der Waals surface area contributed by atoms with E-state index in [0.29, 0.717) is 24.2 Å². The van der Waals surface area contributed by atoms with E-state index < -0.39 is 5.97 Å². The number of carboxylic acids is 1. The molecule has 4 nitrogen and oxygen atoms in total. The second kappa shape index (κ2) is 5.03. The second-order valence-corrected chi connectivity index (χ2v) is 2.95. The van der Waals surface area contributed by atoms with E-state index in [9.17, 15) is 4.79 Å². The van der Waals surface area contributed by atoms with Gasteiger partial charge in [-0.25, -0.2) is 4.79 Å². The van der Waals surface area contributed by atoms with E-state index in [0.717, 1.165) is 0 Å². The number of hydrogen-bond acceptors (Lipinski definition) is 3. The highest BCUT2D eigenvalue weighted by molar-refractivity contribution is 5.91. The minimum atomic E-state index is -1.03. The van der Waals surface area contributed by atoms with Crippen molar-refractivity contribution in [1.29, 1.82) is 0 Å². The summed E-state index contributed by atoms with van der Waals surface area (Å²) in [4.78, 5) is 10.9. The zero-order valence-electron chi connectivity index (χ0n) is 8.16. The molecule has 0 bridgehead atoms. The fourth-order valence-electron chi connectivity index (χ4n) is 1.08. The average molecular weight is 204 g/mol. The van der Waals surface area contributed by atoms with Crippen LogP contribution in [0.25, 0.3) is 0 Å². The van der Waals surface area contributed by atoms with Crippen LogP contribution in [-0.4, -0.2) is 17.6 Å². The van der Waals surface area contributed by atoms with Crippen molar-refractivity contribution in [3.05, 3.63) is 29.3 Å². The maximum absolute atomic E-state index is 10.9. The molecule has 0 aliphatic rings. The molecule has 0 atom stereocenters. The van der Waals surface area contributed by atoms with Crippen LogP contribution in [-0.2, 0) is 0 Å². The lowest BCUT2D eigenvalue weighted by Gasteiger charge is -2.00. The predicted molar refractivity (Wildman–Crippen MR) is 58.4 cm³/mol. The summed E-state index contributed by atoms with van der Waals surface area (Å²) in [5, 5.41) is 8.90. The number of rotatable bonds is 2. The van der Waals surface area contributed by atoms with Gasteiger partial charge >= 0.3 is 5.97 Å². The van der Waals surface area contributed by atoms with Crippen molar-refractivity contribution in [3.8, 4) is 11.8 Å². The Morgan fingerprint density at radius 3 is 2.80 bits per heavy atom. The van der Waals surface area contributed by atoms with Crippen LogP contribution in [0.1, 0.15) is 22.3 Å². The molecule has 1 aromatic rings. The number of benzene rings is 1. The van der Waals surface area contributed by atoms with E-state index in [2.05, 4.69) is 11.8 Å². The van der Waals surface area contributed by atoms with E-state index in [1.54, 1.807) is 12.1 Å². The number of carboxylic acid groups (broad SMARTS) is 1. The molecular formula is C11H12N2O2. The van der Waals surface area contributed by atoms with Gasteiger partial charge < -0.3 is 16.6 Å². The summed E-state index contributed by atoms with van der Waals surface area (Å²) in [5.74, 6) is 4.51. The Morgan fingerprint density at radius 2 is 2.20 bits per heavy atom. The Morgan fingerprint density at radius 1 is 1.47 bits per heavy atom. The zero-order chi connectivity index (χ0) is 11.3. The lowest BCUT2D eigenvalue weighted by atomic mass is 10.1. The monoisotopic (exact) mass is 204 g/mol. The Bertz CT molecular complexity index is 430. The van der Waals surface area contributed by atoms with Crippen molar-refractivity contribution in [2.45, 2.75) is 6.42 Å². The molecule has 1 aromatic carbocycles. The van der Waals surface area contributed by atoms with Gasteiger partial charge in [-0.15, -0.1) is 0 Å². The van der Waals surface area contributed by atoms with Crippen LogP contribution in [0.15, 0.2) is 18.2 Å². The smallest absolute Gasteiger partial charge is 0.337 e. The molecule has 0 heterocycles. The van der Waals surface area contributed by atoms with E-state index >= 15 is 0 Å². The maximum atomic E-state index is 10.9. The highest BCUT2D eigenvalue weighted by Gasteiger charge is 2.08. The molecule has 0 unspecified atom stereocenters. The van der Waals surface area contributed by atoms with Gasteiger partial charge in [-0.2, -0.15) is 0 Å². The number of aromatic carboxylic acids is 1. The lowest BCUT2D eigenvalue weighted by Crippen LogP contribution is -2.01. The Kier molecular flexibility index (Phi) is 3.72. The quantitative estimate of drug-likeness (QED) is 0.488. The van der Waals surface area contributed by atoms with Crippen molar-refractivity contribution in [3.63, 3.8) is 0 Å². The van der Waals surface area contributed by atoms with Crippen LogP contribution >= 0.6 is 0 Å². The normalized spacial score (nSPS) is 9.13. The first-order valence-electron chi connectivity index (χ1n) is 4.47. The van der Waals surface area contributed by atoms with Gasteiger partial charge in [0.05, 0.1) is 5.56 Å². The molecule has 4 heteroatoms. The molecule has 0 saturated heterocycles. The van der Waals surface area contributed by atoms with E-state index in [-0.39, 0.29) is 5.56 Å². The molecule has 5 N–H and O–H groups in total. The van der Waals surface area contributed by atoms with Gasteiger partial charge in [-0.1, -0.05) is 11.8 Å². The van der Waals surface area contributed by atoms with Gasteiger partial charge in [0, 0.05) is 24.2 Å². The Balaban J connectivity index is 3.08. The standard InChI is InChI=1S/C11H12N2O2/c12-6-2-1-3-8-4-5-9(13)7-10(8)11(14)15/h4-5,7H,2,6,12-13H2,(H,14,15). The minimum absolute atomic E-state index is 0.125. The largest absolute Gasteiger partial charge is 0.478 e. The van der Waals surface area contributed by atoms with Crippen molar-refractivity contribution >= 4 is 11.7 Å². The molecule has 1 rings (SSSR count). The number of hydrogen-bond donors (Lipinski definition) is 3. The summed E-state index contributed by atoms with van der Waals surface area (Å²) in [6.45, 7) is 0.463. The van der Waals surface area contributed by atoms with Crippen LogP contribution < -0.4 is 11.5 Å². The summed E-state index contributed by atoms with van der Waals surface area (Å²) >= 11 is 0. The molecule has 78 valence electrons. The first-order chi connectivity index (χ1) is 7.15. The third-order valence-corrected chi connectivity index (χ3v) is 1.77. The van der Waals surface area contributed by atoms with Gasteiger partial charge in [-0.3, -0.25) is 0 Å². The van der Waals surface area contributed by atoms with Crippen molar-refractivity contribution in [2.75, 3.05) is 12.3 Å². The lowest BCUT2D eigenvalue weighted by molar-refractivity contribution is 0.0696. The fraction of sp³-hybridized carbons (Fsp3) is 0.182. The van der Waals surface area contributed by atoms with E-state index in [4.69, 9.17) is 16.6 Å². The van der Waals surface area contributed by atoms with Crippen LogP contribution in [0.5, 0.6) is 0 Å². The molecule has 0 aromatic heterocycles. The summed E-state index contributed by atoms with van der Waals surface area (Å²) in [7, 11) is 0. The number of nitrogens with two attached hydrogens (primary N) is 2. The third-order valence-electron chi connectivity index (χ3n) is 1.77. The third kappa shape index (κ3) is 3.01. The highest BCUT2D eigenvalue weighted by atomic mass is 16.4. The summed E-state index contributed by atoms with van der Waals surface area (Å²) < 4.78 is 0. The minimum Gasteiger partial charge on any atom is -0.478 e. The van der Waals surface area contributed by atoms with Gasteiger partial charge in [0.2, 0.25) is 0 Å². The van der Waals surface area contributed by atoms with Gasteiger partial charge in [0.25, 0.3) is 0 Å². The zero-order valence-corrected chi connectivity index (χ0v) is 8.16. The van der Waals surface area contributed by atoms with Crippen LogP contribution in [0.3, 0.4) is 0 Å². The summed E-state index contributed by atoms with van der Waals surface area (Å²) in [5.41, 5.74) is 11.8. The Hall–Kier alpha value is -1.99. The van der Waals surface area contributed by atoms with Crippen molar-refractivity contribution in [1.82, 2.24) is 0 Å². The molecule has 0 spiro atoms. The van der Waals surface area contributed by atoms with E-state index in [1.165, 1.54) is 6.07 Å². The number of anilines is 1. The molecule has 0 fully saturated rings. The molecule has 0 saturated carbocycles.